The molecule has 2 heterocycles. The summed E-state index contributed by atoms with van der Waals surface area (Å²) in [6.45, 7) is 1.71. The van der Waals surface area contributed by atoms with E-state index >= 15 is 0 Å². The summed E-state index contributed by atoms with van der Waals surface area (Å²) in [4.78, 5) is 26.2. The van der Waals surface area contributed by atoms with E-state index in [9.17, 15) is 9.59 Å². The Bertz CT molecular complexity index is 624. The van der Waals surface area contributed by atoms with Crippen LogP contribution in [0.3, 0.4) is 0 Å². The first kappa shape index (κ1) is 10.4. The fourth-order valence-electron chi connectivity index (χ4n) is 1.71. The van der Waals surface area contributed by atoms with E-state index in [1.54, 1.807) is 14.0 Å². The first-order chi connectivity index (χ1) is 7.56. The minimum Gasteiger partial charge on any atom is -0.465 e. The van der Waals surface area contributed by atoms with Gasteiger partial charge in [-0.15, -0.1) is 0 Å². The molecule has 0 spiro atoms. The first-order valence-electron chi connectivity index (χ1n) is 4.69. The third-order valence-corrected chi connectivity index (χ3v) is 2.48. The van der Waals surface area contributed by atoms with E-state index in [2.05, 4.69) is 14.8 Å². The van der Waals surface area contributed by atoms with Crippen LogP contribution in [0.15, 0.2) is 11.0 Å². The molecular weight excluding hydrogens is 210 g/mol. The Kier molecular flexibility index (Phi) is 2.26. The van der Waals surface area contributed by atoms with Crippen LogP contribution < -0.4 is 5.43 Å². The van der Waals surface area contributed by atoms with Crippen LogP contribution in [0.25, 0.3) is 11.0 Å². The average Bonchev–Trinajstić information content (AvgIpc) is 2.61. The first-order valence-corrected chi connectivity index (χ1v) is 4.69. The summed E-state index contributed by atoms with van der Waals surface area (Å²) in [7, 11) is 2.98. The molecule has 0 aliphatic carbocycles. The Morgan fingerprint density at radius 3 is 2.88 bits per heavy atom. The summed E-state index contributed by atoms with van der Waals surface area (Å²) in [5.74, 6) is -0.521. The molecule has 0 aliphatic rings. The van der Waals surface area contributed by atoms with Gasteiger partial charge in [-0.2, -0.15) is 5.10 Å². The zero-order chi connectivity index (χ0) is 11.9. The van der Waals surface area contributed by atoms with Crippen molar-refractivity contribution >= 4 is 17.0 Å². The highest BCUT2D eigenvalue weighted by molar-refractivity contribution is 6.04. The van der Waals surface area contributed by atoms with Gasteiger partial charge in [0.05, 0.1) is 24.3 Å². The number of nitrogens with zero attached hydrogens (tertiary/aromatic N) is 2. The molecule has 0 aliphatic heterocycles. The number of aryl methyl sites for hydroxylation is 2. The topological polar surface area (TPSA) is 77.0 Å². The average molecular weight is 221 g/mol. The second kappa shape index (κ2) is 3.48. The predicted octanol–water partition coefficient (Wildman–Crippen LogP) is 0.357. The third kappa shape index (κ3) is 1.30. The van der Waals surface area contributed by atoms with Crippen LogP contribution in [-0.4, -0.2) is 27.8 Å². The molecule has 0 atom stereocenters. The number of fused-ring (bicyclic) bond motifs is 1. The molecule has 0 fully saturated rings. The van der Waals surface area contributed by atoms with Crippen LogP contribution in [-0.2, 0) is 11.8 Å². The van der Waals surface area contributed by atoms with Crippen molar-refractivity contribution in [2.24, 2.45) is 7.05 Å². The van der Waals surface area contributed by atoms with Gasteiger partial charge < -0.3 is 9.72 Å². The number of nitrogens with one attached hydrogen (secondary N) is 1. The maximum absolute atomic E-state index is 11.7. The Balaban J connectivity index is 2.94. The molecule has 6 heteroatoms. The van der Waals surface area contributed by atoms with Crippen LogP contribution in [0, 0.1) is 6.92 Å². The minimum atomic E-state index is -0.521. The molecule has 6 nitrogen and oxygen atoms in total. The van der Waals surface area contributed by atoms with Crippen molar-refractivity contribution in [2.75, 3.05) is 7.11 Å². The number of methoxy groups -OCH3 is 1. The van der Waals surface area contributed by atoms with Gasteiger partial charge in [-0.1, -0.05) is 0 Å². The lowest BCUT2D eigenvalue weighted by atomic mass is 10.2. The number of hydrogen-bond donors (Lipinski definition) is 1. The Hall–Kier alpha value is -2.11. The number of esters is 1. The van der Waals surface area contributed by atoms with E-state index in [1.807, 2.05) is 0 Å². The summed E-state index contributed by atoms with van der Waals surface area (Å²) in [5.41, 5.74) is 1.10. The van der Waals surface area contributed by atoms with Gasteiger partial charge in [-0.25, -0.2) is 4.79 Å². The summed E-state index contributed by atoms with van der Waals surface area (Å²) in [6, 6.07) is 0. The highest BCUT2D eigenvalue weighted by Crippen LogP contribution is 2.18. The summed E-state index contributed by atoms with van der Waals surface area (Å²) in [5, 5.41) is 4.19. The van der Waals surface area contributed by atoms with Crippen molar-refractivity contribution in [1.82, 2.24) is 14.8 Å². The van der Waals surface area contributed by atoms with Crippen molar-refractivity contribution in [2.45, 2.75) is 6.92 Å². The Labute approximate surface area is 90.8 Å². The molecule has 2 aromatic heterocycles. The van der Waals surface area contributed by atoms with Gasteiger partial charge in [-0.05, 0) is 6.92 Å². The van der Waals surface area contributed by atoms with Crippen molar-refractivity contribution in [3.05, 3.63) is 27.7 Å². The number of carbonyl (C=O) groups excluding carboxylic acids is 1. The lowest BCUT2D eigenvalue weighted by Gasteiger charge is -1.99. The quantitative estimate of drug-likeness (QED) is 0.705. The van der Waals surface area contributed by atoms with Gasteiger partial charge in [0.25, 0.3) is 0 Å². The Morgan fingerprint density at radius 1 is 1.56 bits per heavy atom. The summed E-state index contributed by atoms with van der Waals surface area (Å²) >= 11 is 0. The maximum Gasteiger partial charge on any atom is 0.340 e. The Morgan fingerprint density at radius 2 is 2.25 bits per heavy atom. The molecule has 0 unspecified atom stereocenters. The standard InChI is InChI=1S/C10H11N3O3/c1-5-7(10(15)16-3)8-6(14)4-11-13(2)9(8)12-5/h4,12H,1-3H3. The van der Waals surface area contributed by atoms with Crippen LogP contribution >= 0.6 is 0 Å². The fraction of sp³-hybridized carbons (Fsp3) is 0.300. The van der Waals surface area contributed by atoms with E-state index in [0.29, 0.717) is 16.7 Å². The molecule has 16 heavy (non-hydrogen) atoms. The largest absolute Gasteiger partial charge is 0.465 e. The molecule has 84 valence electrons. The number of rotatable bonds is 1. The van der Waals surface area contributed by atoms with Gasteiger partial charge in [0.1, 0.15) is 5.65 Å². The summed E-state index contributed by atoms with van der Waals surface area (Å²) in [6.07, 6.45) is 1.18. The van der Waals surface area contributed by atoms with E-state index in [4.69, 9.17) is 0 Å². The summed E-state index contributed by atoms with van der Waals surface area (Å²) < 4.78 is 6.16. The van der Waals surface area contributed by atoms with Crippen molar-refractivity contribution in [1.29, 1.82) is 0 Å². The predicted molar refractivity (Wildman–Crippen MR) is 57.4 cm³/mol. The smallest absolute Gasteiger partial charge is 0.340 e. The monoisotopic (exact) mass is 221 g/mol. The molecule has 0 radical (unpaired) electrons. The third-order valence-electron chi connectivity index (χ3n) is 2.48. The van der Waals surface area contributed by atoms with Gasteiger partial charge in [0.2, 0.25) is 5.43 Å². The highest BCUT2D eigenvalue weighted by Gasteiger charge is 2.20. The van der Waals surface area contributed by atoms with Crippen molar-refractivity contribution in [3.8, 4) is 0 Å². The molecule has 0 saturated carbocycles. The van der Waals surface area contributed by atoms with Crippen LogP contribution in [0.5, 0.6) is 0 Å². The molecule has 0 saturated heterocycles. The zero-order valence-electron chi connectivity index (χ0n) is 9.20. The van der Waals surface area contributed by atoms with E-state index in [-0.39, 0.29) is 11.0 Å². The van der Waals surface area contributed by atoms with E-state index < -0.39 is 5.97 Å². The zero-order valence-corrected chi connectivity index (χ0v) is 9.20. The van der Waals surface area contributed by atoms with Gasteiger partial charge in [-0.3, -0.25) is 9.48 Å². The minimum absolute atomic E-state index is 0.278. The van der Waals surface area contributed by atoms with E-state index in [1.165, 1.54) is 18.0 Å². The number of aromatic amines is 1. The van der Waals surface area contributed by atoms with Crippen molar-refractivity contribution < 1.29 is 9.53 Å². The van der Waals surface area contributed by atoms with Gasteiger partial charge in [0.15, 0.2) is 0 Å². The second-order valence-electron chi connectivity index (χ2n) is 3.47. The molecule has 2 rings (SSSR count). The number of carbonyl (C=O) groups is 1. The van der Waals surface area contributed by atoms with Crippen LogP contribution in [0.1, 0.15) is 16.1 Å². The van der Waals surface area contributed by atoms with Crippen LogP contribution in [0.4, 0.5) is 0 Å². The maximum atomic E-state index is 11.7. The second-order valence-corrected chi connectivity index (χ2v) is 3.47. The number of ether oxygens (including phenoxy) is 1. The number of aromatic nitrogens is 3. The molecular formula is C10H11N3O3. The number of hydrogen-bond acceptors (Lipinski definition) is 4. The normalized spacial score (nSPS) is 10.7. The van der Waals surface area contributed by atoms with Gasteiger partial charge >= 0.3 is 5.97 Å². The molecule has 0 amide bonds. The molecule has 0 bridgehead atoms. The number of H-pyrrole nitrogens is 1. The van der Waals surface area contributed by atoms with Crippen LogP contribution in [0.2, 0.25) is 0 Å². The molecule has 2 aromatic rings. The SMILES string of the molecule is COC(=O)c1c(C)[nH]c2c1c(=O)cnn2C. The van der Waals surface area contributed by atoms with Gasteiger partial charge in [0, 0.05) is 12.7 Å². The highest BCUT2D eigenvalue weighted by atomic mass is 16.5. The van der Waals surface area contributed by atoms with E-state index in [0.717, 1.165) is 0 Å². The lowest BCUT2D eigenvalue weighted by Crippen LogP contribution is -2.11. The lowest BCUT2D eigenvalue weighted by molar-refractivity contribution is 0.0602. The fourth-order valence-corrected chi connectivity index (χ4v) is 1.71. The van der Waals surface area contributed by atoms with Crippen molar-refractivity contribution in [3.63, 3.8) is 0 Å². The molecule has 1 N–H and O–H groups in total. The molecule has 0 aromatic carbocycles.